The second-order valence-corrected chi connectivity index (χ2v) is 29.3. The molecule has 2 saturated carbocycles. The Labute approximate surface area is 160 Å². The third-order valence-corrected chi connectivity index (χ3v) is 28.2. The zero-order valence-electron chi connectivity index (χ0n) is 15.6. The third kappa shape index (κ3) is 5.32. The van der Waals surface area contributed by atoms with Gasteiger partial charge in [0.25, 0.3) is 0 Å². The van der Waals surface area contributed by atoms with Crippen molar-refractivity contribution in [3.63, 3.8) is 0 Å². The summed E-state index contributed by atoms with van der Waals surface area (Å²) in [5.74, 6) is 0. The van der Waals surface area contributed by atoms with Gasteiger partial charge in [0.05, 0.1) is 8.07 Å². The molecule has 0 amide bonds. The van der Waals surface area contributed by atoms with Crippen LogP contribution >= 0.6 is 0 Å². The molecule has 0 N–H and O–H groups in total. The number of hydrogen-bond donors (Lipinski definition) is 0. The summed E-state index contributed by atoms with van der Waals surface area (Å²) in [7, 11) is -3.64. The van der Waals surface area contributed by atoms with Crippen molar-refractivity contribution in [1.29, 1.82) is 0 Å². The van der Waals surface area contributed by atoms with Gasteiger partial charge in [0.2, 0.25) is 0 Å². The molecule has 10 radical (unpaired) electrons. The fraction of sp³-hybridized carbons (Fsp3) is 0.474. The molecule has 0 aromatic rings. The molecule has 126 valence electrons. The van der Waals surface area contributed by atoms with Crippen LogP contribution in [0.3, 0.4) is 0 Å². The molecule has 0 bridgehead atoms. The molecule has 0 aromatic carbocycles. The summed E-state index contributed by atoms with van der Waals surface area (Å²) in [5.41, 5.74) is 3.32. The van der Waals surface area contributed by atoms with E-state index in [1.165, 1.54) is 18.5 Å². The molecule has 2 rings (SSSR count). The maximum Gasteiger partial charge on any atom is 2.00 e. The van der Waals surface area contributed by atoms with Crippen molar-refractivity contribution < 1.29 is 17.1 Å². The van der Waals surface area contributed by atoms with Crippen molar-refractivity contribution in [2.24, 2.45) is 0 Å². The molecule has 0 spiro atoms. The van der Waals surface area contributed by atoms with Gasteiger partial charge in [-0.1, -0.05) is 57.8 Å². The first-order valence-corrected chi connectivity index (χ1v) is 19.0. The van der Waals surface area contributed by atoms with Crippen LogP contribution in [0.25, 0.3) is 0 Å². The number of rotatable bonds is 7. The fourth-order valence-corrected chi connectivity index (χ4v) is 15.0. The Morgan fingerprint density at radius 3 is 1.57 bits per heavy atom. The molecule has 2 aliphatic carbocycles. The van der Waals surface area contributed by atoms with E-state index in [9.17, 15) is 0 Å². The molecule has 0 aromatic heterocycles. The summed E-state index contributed by atoms with van der Waals surface area (Å²) >= 11 is 0. The molecule has 0 nitrogen and oxygen atoms in total. The van der Waals surface area contributed by atoms with E-state index in [0.29, 0.717) is 0 Å². The molecule has 2 fully saturated rings. The van der Waals surface area contributed by atoms with Crippen LogP contribution in [-0.2, 0) is 17.1 Å². The molecule has 23 heavy (non-hydrogen) atoms. The maximum atomic E-state index is 2.64. The SMILES string of the molecule is C[Si](C)(CCC[Si](C)(C)[Si](C)(C)[C]1[CH][CH][CH][CH]1)[C]1[CH][CH][CH][CH]1.[Fe+2]. The Morgan fingerprint density at radius 2 is 1.09 bits per heavy atom. The zero-order valence-corrected chi connectivity index (χ0v) is 19.7. The zero-order chi connectivity index (χ0) is 16.4. The summed E-state index contributed by atoms with van der Waals surface area (Å²) in [6, 6.07) is 2.94. The van der Waals surface area contributed by atoms with Crippen LogP contribution in [0, 0.1) is 62.4 Å². The van der Waals surface area contributed by atoms with Crippen molar-refractivity contribution in [1.82, 2.24) is 0 Å². The molecular formula is C19H32FeSi3+2. The van der Waals surface area contributed by atoms with E-state index in [1.807, 2.05) is 0 Å². The summed E-state index contributed by atoms with van der Waals surface area (Å²) in [6.45, 7) is 15.6. The van der Waals surface area contributed by atoms with E-state index in [0.717, 1.165) is 0 Å². The molecule has 0 aliphatic heterocycles. The van der Waals surface area contributed by atoms with Gasteiger partial charge in [-0.2, -0.15) is 0 Å². The quantitative estimate of drug-likeness (QED) is 0.497. The monoisotopic (exact) mass is 400 g/mol. The van der Waals surface area contributed by atoms with Crippen molar-refractivity contribution in [2.45, 2.75) is 57.8 Å². The smallest absolute Gasteiger partial charge is 0.0713 e. The fourth-order valence-electron chi connectivity index (χ4n) is 3.44. The molecule has 0 atom stereocenters. The molecule has 0 heterocycles. The van der Waals surface area contributed by atoms with Gasteiger partial charge in [0.15, 0.2) is 0 Å². The van der Waals surface area contributed by atoms with Gasteiger partial charge < -0.3 is 0 Å². The van der Waals surface area contributed by atoms with Crippen LogP contribution in [0.4, 0.5) is 0 Å². The van der Waals surface area contributed by atoms with Crippen molar-refractivity contribution >= 4 is 23.3 Å². The first kappa shape index (κ1) is 22.2. The normalized spacial score (nSPS) is 21.7. The van der Waals surface area contributed by atoms with Gasteiger partial charge in [-0.3, -0.25) is 0 Å². The first-order valence-electron chi connectivity index (χ1n) is 8.61. The molecular weight excluding hydrogens is 368 g/mol. The number of hydrogen-bond acceptors (Lipinski definition) is 0. The predicted octanol–water partition coefficient (Wildman–Crippen LogP) is 5.47. The van der Waals surface area contributed by atoms with Crippen LogP contribution in [0.1, 0.15) is 6.42 Å². The van der Waals surface area contributed by atoms with E-state index in [4.69, 9.17) is 0 Å². The average Bonchev–Trinajstić information content (AvgIpc) is 3.12. The minimum atomic E-state index is -1.26. The Bertz CT molecular complexity index is 354. The van der Waals surface area contributed by atoms with Crippen molar-refractivity contribution in [2.75, 3.05) is 0 Å². The first-order chi connectivity index (χ1) is 10.2. The second-order valence-electron chi connectivity index (χ2n) is 8.59. The molecule has 0 unspecified atom stereocenters. The van der Waals surface area contributed by atoms with Crippen LogP contribution in [0.5, 0.6) is 0 Å². The van der Waals surface area contributed by atoms with Crippen LogP contribution < -0.4 is 0 Å². The predicted molar refractivity (Wildman–Crippen MR) is 108 cm³/mol. The van der Waals surface area contributed by atoms with E-state index in [2.05, 4.69) is 90.6 Å². The van der Waals surface area contributed by atoms with Crippen LogP contribution in [0.2, 0.25) is 51.4 Å². The van der Waals surface area contributed by atoms with Crippen molar-refractivity contribution in [3.8, 4) is 0 Å². The van der Waals surface area contributed by atoms with Crippen LogP contribution in [-0.4, -0.2) is 23.3 Å². The van der Waals surface area contributed by atoms with Gasteiger partial charge in [-0.25, -0.2) is 0 Å². The van der Waals surface area contributed by atoms with Gasteiger partial charge in [-0.05, 0) is 62.4 Å². The maximum absolute atomic E-state index is 2.64. The minimum absolute atomic E-state index is 0. The Hall–Kier alpha value is 1.17. The average molecular weight is 401 g/mol. The summed E-state index contributed by atoms with van der Waals surface area (Å²) in [5, 5.41) is 0. The van der Waals surface area contributed by atoms with Gasteiger partial charge >= 0.3 is 17.1 Å². The van der Waals surface area contributed by atoms with E-state index in [1.54, 1.807) is 11.1 Å². The summed E-state index contributed by atoms with van der Waals surface area (Å²) < 4.78 is 0. The summed E-state index contributed by atoms with van der Waals surface area (Å²) in [6.07, 6.45) is 19.7. The Balaban J connectivity index is 0.00000264. The van der Waals surface area contributed by atoms with Gasteiger partial charge in [0, 0.05) is 15.2 Å². The standard InChI is InChI=1S/C19H32Si3.Fe/c1-20(2,18-12-7-8-13-18)16-11-17-21(3,4)22(5,6)19-14-9-10-15-19;/h7-10,12-15H,11,16-17H2,1-6H3;/q;+2. The van der Waals surface area contributed by atoms with Crippen LogP contribution in [0.15, 0.2) is 0 Å². The Kier molecular flexibility index (Phi) is 8.41. The molecule has 0 saturated heterocycles. The summed E-state index contributed by atoms with van der Waals surface area (Å²) in [4.78, 5) is 0. The molecule has 2 aliphatic rings. The van der Waals surface area contributed by atoms with Gasteiger partial charge in [0.1, 0.15) is 0 Å². The molecule has 4 heteroatoms. The van der Waals surface area contributed by atoms with E-state index in [-0.39, 0.29) is 17.1 Å². The second kappa shape index (κ2) is 8.70. The topological polar surface area (TPSA) is 0 Å². The largest absolute Gasteiger partial charge is 2.00 e. The van der Waals surface area contributed by atoms with E-state index >= 15 is 0 Å². The minimum Gasteiger partial charge on any atom is -0.0713 e. The van der Waals surface area contributed by atoms with Gasteiger partial charge in [-0.15, -0.1) is 0 Å². The van der Waals surface area contributed by atoms with Crippen molar-refractivity contribution in [3.05, 3.63) is 62.4 Å². The van der Waals surface area contributed by atoms with E-state index < -0.39 is 23.3 Å². The Morgan fingerprint density at radius 1 is 0.652 bits per heavy atom. The third-order valence-electron chi connectivity index (χ3n) is 6.12.